The van der Waals surface area contributed by atoms with E-state index in [-0.39, 0.29) is 16.8 Å². The first-order valence-electron chi connectivity index (χ1n) is 11.3. The van der Waals surface area contributed by atoms with E-state index in [9.17, 15) is 9.59 Å². The number of carbonyl (C=O) groups is 1. The Morgan fingerprint density at radius 2 is 1.75 bits per heavy atom. The van der Waals surface area contributed by atoms with Gasteiger partial charge in [0, 0.05) is 11.1 Å². The molecule has 0 unspecified atom stereocenters. The van der Waals surface area contributed by atoms with Gasteiger partial charge in [0.25, 0.3) is 5.91 Å². The van der Waals surface area contributed by atoms with Crippen LogP contribution in [0.5, 0.6) is 5.75 Å². The minimum atomic E-state index is -0.733. The van der Waals surface area contributed by atoms with Crippen LogP contribution in [-0.4, -0.2) is 11.1 Å². The molecule has 1 amide bonds. The second-order valence-electron chi connectivity index (χ2n) is 8.53. The van der Waals surface area contributed by atoms with Gasteiger partial charge in [-0.05, 0) is 54.4 Å². The third kappa shape index (κ3) is 3.74. The Balaban J connectivity index is 1.40. The highest BCUT2D eigenvalue weighted by atomic mass is 35.5. The van der Waals surface area contributed by atoms with Gasteiger partial charge >= 0.3 is 0 Å². The van der Waals surface area contributed by atoms with Crippen LogP contribution in [0.2, 0.25) is 5.02 Å². The summed E-state index contributed by atoms with van der Waals surface area (Å²) >= 11 is 5.95. The number of aryl methyl sites for hydroxylation is 1. The Kier molecular flexibility index (Phi) is 5.34. The Hall–Kier alpha value is -4.36. The fraction of sp³-hybridized carbons (Fsp3) is 0.107. The molecule has 6 rings (SSSR count). The molecule has 5 aromatic rings. The van der Waals surface area contributed by atoms with Crippen LogP contribution >= 0.6 is 11.6 Å². The molecule has 36 heavy (non-hydrogen) atoms. The Bertz CT molecular complexity index is 1650. The van der Waals surface area contributed by atoms with Crippen LogP contribution < -0.4 is 15.1 Å². The zero-order valence-corrected chi connectivity index (χ0v) is 19.9. The van der Waals surface area contributed by atoms with Gasteiger partial charge in [-0.25, -0.2) is 0 Å². The fourth-order valence-corrected chi connectivity index (χ4v) is 4.56. The number of hydrogen-bond acceptors (Lipinski definition) is 6. The van der Waals surface area contributed by atoms with Crippen molar-refractivity contribution in [1.82, 2.24) is 5.16 Å². The lowest BCUT2D eigenvalue weighted by Gasteiger charge is -2.22. The van der Waals surface area contributed by atoms with Gasteiger partial charge in [-0.15, -0.1) is 0 Å². The third-order valence-corrected chi connectivity index (χ3v) is 6.41. The summed E-state index contributed by atoms with van der Waals surface area (Å²) in [5.41, 5.74) is 2.07. The lowest BCUT2D eigenvalue weighted by molar-refractivity contribution is 0.0969. The summed E-state index contributed by atoms with van der Waals surface area (Å²) in [7, 11) is 0. The van der Waals surface area contributed by atoms with Gasteiger partial charge in [-0.1, -0.05) is 53.2 Å². The first kappa shape index (κ1) is 22.1. The van der Waals surface area contributed by atoms with Crippen molar-refractivity contribution in [2.75, 3.05) is 4.90 Å². The number of amides is 1. The standard InChI is InChI=1S/C28H19ClN2O5/c1-16-14-23(30-36-16)31-25(24-26(32)21-4-2-3-5-22(21)35-27(24)28(31)33)18-8-12-20(13-9-18)34-15-17-6-10-19(29)11-7-17/h2-14,25H,15H2,1H3/t25-/m1/s1. The molecule has 0 saturated heterocycles. The highest BCUT2D eigenvalue weighted by Crippen LogP contribution is 2.41. The van der Waals surface area contributed by atoms with E-state index in [1.807, 2.05) is 48.5 Å². The van der Waals surface area contributed by atoms with E-state index in [1.165, 1.54) is 4.90 Å². The number of benzene rings is 3. The number of aromatic nitrogens is 1. The molecule has 1 aliphatic heterocycles. The first-order valence-corrected chi connectivity index (χ1v) is 11.7. The van der Waals surface area contributed by atoms with Crippen LogP contribution in [0.4, 0.5) is 5.82 Å². The molecule has 3 heterocycles. The lowest BCUT2D eigenvalue weighted by atomic mass is 9.98. The first-order chi connectivity index (χ1) is 17.5. The summed E-state index contributed by atoms with van der Waals surface area (Å²) in [4.78, 5) is 28.5. The molecule has 8 heteroatoms. The maximum Gasteiger partial charge on any atom is 0.296 e. The topological polar surface area (TPSA) is 85.8 Å². The zero-order chi connectivity index (χ0) is 24.8. The minimum absolute atomic E-state index is 0.00687. The van der Waals surface area contributed by atoms with E-state index >= 15 is 0 Å². The van der Waals surface area contributed by atoms with Crippen molar-refractivity contribution in [3.63, 3.8) is 0 Å². The Labute approximate surface area is 210 Å². The molecule has 0 spiro atoms. The van der Waals surface area contributed by atoms with Gasteiger partial charge in [0.05, 0.1) is 17.0 Å². The van der Waals surface area contributed by atoms with Crippen LogP contribution in [-0.2, 0) is 6.61 Å². The van der Waals surface area contributed by atoms with E-state index in [4.69, 9.17) is 25.3 Å². The average Bonchev–Trinajstić information content (AvgIpc) is 3.45. The van der Waals surface area contributed by atoms with Crippen molar-refractivity contribution in [3.05, 3.63) is 122 Å². The summed E-state index contributed by atoms with van der Waals surface area (Å²) < 4.78 is 17.1. The molecule has 0 aliphatic carbocycles. The predicted octanol–water partition coefficient (Wildman–Crippen LogP) is 6.07. The molecule has 1 atom stereocenters. The van der Waals surface area contributed by atoms with Crippen LogP contribution in [0.25, 0.3) is 11.0 Å². The van der Waals surface area contributed by atoms with Gasteiger partial charge in [0.15, 0.2) is 11.2 Å². The molecule has 1 aliphatic rings. The van der Waals surface area contributed by atoms with Crippen LogP contribution in [0.3, 0.4) is 0 Å². The molecular formula is C28H19ClN2O5. The van der Waals surface area contributed by atoms with Crippen molar-refractivity contribution >= 4 is 34.3 Å². The van der Waals surface area contributed by atoms with E-state index in [0.29, 0.717) is 45.5 Å². The largest absolute Gasteiger partial charge is 0.489 e. The molecule has 178 valence electrons. The van der Waals surface area contributed by atoms with Crippen LogP contribution in [0, 0.1) is 6.92 Å². The third-order valence-electron chi connectivity index (χ3n) is 6.15. The van der Waals surface area contributed by atoms with Gasteiger partial charge in [-0.2, -0.15) is 0 Å². The molecule has 0 bridgehead atoms. The normalized spacial score (nSPS) is 14.9. The number of halogens is 1. The molecule has 0 radical (unpaired) electrons. The highest BCUT2D eigenvalue weighted by molar-refractivity contribution is 6.30. The van der Waals surface area contributed by atoms with Gasteiger partial charge in [0.2, 0.25) is 5.76 Å². The molecule has 2 aromatic heterocycles. The van der Waals surface area contributed by atoms with E-state index in [1.54, 1.807) is 37.3 Å². The average molecular weight is 499 g/mol. The monoisotopic (exact) mass is 498 g/mol. The summed E-state index contributed by atoms with van der Waals surface area (Å²) in [6.07, 6.45) is 0. The van der Waals surface area contributed by atoms with Gasteiger partial charge in [-0.3, -0.25) is 14.5 Å². The maximum atomic E-state index is 13.6. The van der Waals surface area contributed by atoms with Crippen molar-refractivity contribution in [2.24, 2.45) is 0 Å². The second kappa shape index (κ2) is 8.70. The number of anilines is 1. The fourth-order valence-electron chi connectivity index (χ4n) is 4.43. The summed E-state index contributed by atoms with van der Waals surface area (Å²) in [6, 6.07) is 22.5. The SMILES string of the molecule is Cc1cc(N2C(=O)c3oc4ccccc4c(=O)c3[C@H]2c2ccc(OCc3ccc(Cl)cc3)cc2)no1. The van der Waals surface area contributed by atoms with Crippen molar-refractivity contribution in [2.45, 2.75) is 19.6 Å². The van der Waals surface area contributed by atoms with Gasteiger partial charge in [0.1, 0.15) is 23.7 Å². The smallest absolute Gasteiger partial charge is 0.296 e. The summed E-state index contributed by atoms with van der Waals surface area (Å²) in [5.74, 6) is 1.05. The molecule has 0 fully saturated rings. The molecule has 0 N–H and O–H groups in total. The molecule has 7 nitrogen and oxygen atoms in total. The molecule has 3 aromatic carbocycles. The predicted molar refractivity (Wildman–Crippen MR) is 135 cm³/mol. The second-order valence-corrected chi connectivity index (χ2v) is 8.96. The van der Waals surface area contributed by atoms with Crippen LogP contribution in [0.15, 0.2) is 92.6 Å². The Morgan fingerprint density at radius 1 is 1.00 bits per heavy atom. The van der Waals surface area contributed by atoms with Crippen molar-refractivity contribution < 1.29 is 18.5 Å². The number of carbonyl (C=O) groups excluding carboxylic acids is 1. The maximum absolute atomic E-state index is 13.6. The number of nitrogens with zero attached hydrogens (tertiary/aromatic N) is 2. The number of hydrogen-bond donors (Lipinski definition) is 0. The molecular weight excluding hydrogens is 480 g/mol. The zero-order valence-electron chi connectivity index (χ0n) is 19.1. The quantitative estimate of drug-likeness (QED) is 0.292. The number of para-hydroxylation sites is 1. The highest BCUT2D eigenvalue weighted by Gasteiger charge is 2.44. The minimum Gasteiger partial charge on any atom is -0.489 e. The van der Waals surface area contributed by atoms with Crippen molar-refractivity contribution in [3.8, 4) is 5.75 Å². The summed E-state index contributed by atoms with van der Waals surface area (Å²) in [6.45, 7) is 2.12. The number of ether oxygens (including phenoxy) is 1. The van der Waals surface area contributed by atoms with Gasteiger partial charge < -0.3 is 13.7 Å². The van der Waals surface area contributed by atoms with E-state index < -0.39 is 11.9 Å². The summed E-state index contributed by atoms with van der Waals surface area (Å²) in [5, 5.41) is 5.12. The number of fused-ring (bicyclic) bond motifs is 2. The Morgan fingerprint density at radius 3 is 2.47 bits per heavy atom. The van der Waals surface area contributed by atoms with Crippen molar-refractivity contribution in [1.29, 1.82) is 0 Å². The molecule has 0 saturated carbocycles. The number of rotatable bonds is 5. The van der Waals surface area contributed by atoms with E-state index in [0.717, 1.165) is 5.56 Å². The van der Waals surface area contributed by atoms with E-state index in [2.05, 4.69) is 5.16 Å². The lowest BCUT2D eigenvalue weighted by Crippen LogP contribution is -2.29. The van der Waals surface area contributed by atoms with Crippen LogP contribution in [0.1, 0.15) is 39.0 Å².